The minimum Gasteiger partial charge on any atom is -0.268 e. The molecule has 0 atom stereocenters. The number of pyridine rings is 1. The van der Waals surface area contributed by atoms with Gasteiger partial charge in [-0.1, -0.05) is 41.9 Å². The molecule has 5 heteroatoms. The van der Waals surface area contributed by atoms with Crippen LogP contribution in [0.5, 0.6) is 0 Å². The van der Waals surface area contributed by atoms with Gasteiger partial charge >= 0.3 is 0 Å². The van der Waals surface area contributed by atoms with Crippen LogP contribution in [0.15, 0.2) is 65.6 Å². The number of rotatable bonds is 3. The van der Waals surface area contributed by atoms with E-state index in [4.69, 9.17) is 11.6 Å². The summed E-state index contributed by atoms with van der Waals surface area (Å²) in [5.74, 6) is 0. The average molecular weight is 298 g/mol. The van der Waals surface area contributed by atoms with Crippen molar-refractivity contribution in [3.63, 3.8) is 0 Å². The van der Waals surface area contributed by atoms with Crippen LogP contribution in [0.1, 0.15) is 5.56 Å². The molecule has 21 heavy (non-hydrogen) atoms. The van der Waals surface area contributed by atoms with Crippen molar-refractivity contribution < 1.29 is 0 Å². The SMILES string of the molecule is O=c1ccc(-c2ccccc2)nn1Cc1ccnc(Cl)c1. The molecule has 0 aliphatic carbocycles. The summed E-state index contributed by atoms with van der Waals surface area (Å²) in [6.45, 7) is 0.363. The monoisotopic (exact) mass is 297 g/mol. The van der Waals surface area contributed by atoms with Gasteiger partial charge < -0.3 is 0 Å². The lowest BCUT2D eigenvalue weighted by molar-refractivity contribution is 0.642. The van der Waals surface area contributed by atoms with E-state index in [2.05, 4.69) is 10.1 Å². The van der Waals surface area contributed by atoms with E-state index in [0.717, 1.165) is 16.8 Å². The molecule has 0 aliphatic rings. The molecule has 0 radical (unpaired) electrons. The fourth-order valence-corrected chi connectivity index (χ4v) is 2.24. The molecule has 1 aromatic carbocycles. The van der Waals surface area contributed by atoms with Crippen LogP contribution in [0, 0.1) is 0 Å². The largest absolute Gasteiger partial charge is 0.268 e. The standard InChI is InChI=1S/C16H12ClN3O/c17-15-10-12(8-9-18-15)11-20-16(21)7-6-14(19-20)13-4-2-1-3-5-13/h1-10H,11H2. The molecule has 0 spiro atoms. The van der Waals surface area contributed by atoms with Crippen molar-refractivity contribution in [2.45, 2.75) is 6.54 Å². The predicted molar refractivity (Wildman–Crippen MR) is 82.3 cm³/mol. The maximum atomic E-state index is 11.9. The Morgan fingerprint density at radius 3 is 2.62 bits per heavy atom. The summed E-state index contributed by atoms with van der Waals surface area (Å²) < 4.78 is 1.42. The molecule has 2 aromatic heterocycles. The van der Waals surface area contributed by atoms with Crippen molar-refractivity contribution in [1.29, 1.82) is 0 Å². The van der Waals surface area contributed by atoms with Gasteiger partial charge in [-0.3, -0.25) is 4.79 Å². The van der Waals surface area contributed by atoms with Crippen LogP contribution < -0.4 is 5.56 Å². The molecule has 0 aliphatic heterocycles. The zero-order chi connectivity index (χ0) is 14.7. The van der Waals surface area contributed by atoms with Gasteiger partial charge in [-0.15, -0.1) is 0 Å². The summed E-state index contributed by atoms with van der Waals surface area (Å²) in [4.78, 5) is 15.9. The van der Waals surface area contributed by atoms with Gasteiger partial charge in [0, 0.05) is 17.8 Å². The normalized spacial score (nSPS) is 10.5. The van der Waals surface area contributed by atoms with Crippen molar-refractivity contribution in [1.82, 2.24) is 14.8 Å². The second-order valence-corrected chi connectivity index (χ2v) is 4.95. The smallest absolute Gasteiger partial charge is 0.267 e. The summed E-state index contributed by atoms with van der Waals surface area (Å²) in [6.07, 6.45) is 1.61. The molecule has 0 unspecified atom stereocenters. The first-order valence-electron chi connectivity index (χ1n) is 6.46. The second-order valence-electron chi connectivity index (χ2n) is 4.57. The fraction of sp³-hybridized carbons (Fsp3) is 0.0625. The lowest BCUT2D eigenvalue weighted by atomic mass is 10.1. The van der Waals surface area contributed by atoms with Crippen LogP contribution in [0.4, 0.5) is 0 Å². The third kappa shape index (κ3) is 3.17. The highest BCUT2D eigenvalue weighted by atomic mass is 35.5. The summed E-state index contributed by atoms with van der Waals surface area (Å²) in [6, 6.07) is 16.5. The van der Waals surface area contributed by atoms with E-state index in [0.29, 0.717) is 11.7 Å². The molecule has 0 bridgehead atoms. The van der Waals surface area contributed by atoms with Crippen molar-refractivity contribution in [3.8, 4) is 11.3 Å². The Balaban J connectivity index is 1.97. The highest BCUT2D eigenvalue weighted by molar-refractivity contribution is 6.29. The quantitative estimate of drug-likeness (QED) is 0.698. The van der Waals surface area contributed by atoms with Crippen molar-refractivity contribution in [2.75, 3.05) is 0 Å². The van der Waals surface area contributed by atoms with E-state index in [9.17, 15) is 4.79 Å². The van der Waals surface area contributed by atoms with Crippen LogP contribution in [0.2, 0.25) is 5.15 Å². The van der Waals surface area contributed by atoms with Gasteiger partial charge in [-0.2, -0.15) is 5.10 Å². The minimum absolute atomic E-state index is 0.150. The summed E-state index contributed by atoms with van der Waals surface area (Å²) in [5, 5.41) is 4.81. The molecule has 0 amide bonds. The maximum Gasteiger partial charge on any atom is 0.267 e. The molecule has 104 valence electrons. The van der Waals surface area contributed by atoms with Gasteiger partial charge in [0.25, 0.3) is 5.56 Å². The summed E-state index contributed by atoms with van der Waals surface area (Å²) in [7, 11) is 0. The zero-order valence-electron chi connectivity index (χ0n) is 11.1. The van der Waals surface area contributed by atoms with Crippen LogP contribution in [-0.4, -0.2) is 14.8 Å². The van der Waals surface area contributed by atoms with Gasteiger partial charge in [-0.25, -0.2) is 9.67 Å². The first-order chi connectivity index (χ1) is 10.2. The molecule has 4 nitrogen and oxygen atoms in total. The Labute approximate surface area is 126 Å². The Morgan fingerprint density at radius 1 is 1.05 bits per heavy atom. The second kappa shape index (κ2) is 5.89. The average Bonchev–Trinajstić information content (AvgIpc) is 2.50. The zero-order valence-corrected chi connectivity index (χ0v) is 11.9. The molecule has 3 aromatic rings. The van der Waals surface area contributed by atoms with Crippen molar-refractivity contribution in [2.24, 2.45) is 0 Å². The number of hydrogen-bond acceptors (Lipinski definition) is 3. The first kappa shape index (κ1) is 13.5. The van der Waals surface area contributed by atoms with Gasteiger partial charge in [0.15, 0.2) is 0 Å². The molecule has 0 saturated heterocycles. The van der Waals surface area contributed by atoms with Crippen molar-refractivity contribution in [3.05, 3.63) is 81.9 Å². The van der Waals surface area contributed by atoms with E-state index in [1.165, 1.54) is 10.7 Å². The molecular weight excluding hydrogens is 286 g/mol. The van der Waals surface area contributed by atoms with E-state index in [1.807, 2.05) is 36.4 Å². The Hall–Kier alpha value is -2.46. The number of benzene rings is 1. The Bertz CT molecular complexity index is 815. The van der Waals surface area contributed by atoms with Crippen LogP contribution >= 0.6 is 11.6 Å². The topological polar surface area (TPSA) is 47.8 Å². The Morgan fingerprint density at radius 2 is 1.86 bits per heavy atom. The van der Waals surface area contributed by atoms with Crippen LogP contribution in [-0.2, 0) is 6.54 Å². The van der Waals surface area contributed by atoms with Gasteiger partial charge in [-0.05, 0) is 23.8 Å². The lowest BCUT2D eigenvalue weighted by Gasteiger charge is -2.07. The highest BCUT2D eigenvalue weighted by Crippen LogP contribution is 2.14. The maximum absolute atomic E-state index is 11.9. The summed E-state index contributed by atoms with van der Waals surface area (Å²) >= 11 is 5.86. The van der Waals surface area contributed by atoms with E-state index < -0.39 is 0 Å². The molecule has 3 rings (SSSR count). The summed E-state index contributed by atoms with van der Waals surface area (Å²) in [5.41, 5.74) is 2.46. The van der Waals surface area contributed by atoms with Crippen molar-refractivity contribution >= 4 is 11.6 Å². The van der Waals surface area contributed by atoms with E-state index in [-0.39, 0.29) is 5.56 Å². The highest BCUT2D eigenvalue weighted by Gasteiger charge is 2.04. The van der Waals surface area contributed by atoms with Crippen LogP contribution in [0.3, 0.4) is 0 Å². The molecule has 0 fully saturated rings. The fourth-order valence-electron chi connectivity index (χ4n) is 2.04. The molecule has 0 saturated carbocycles. The Kier molecular flexibility index (Phi) is 3.79. The third-order valence-electron chi connectivity index (χ3n) is 3.06. The molecule has 2 heterocycles. The number of hydrogen-bond donors (Lipinski definition) is 0. The molecular formula is C16H12ClN3O. The van der Waals surface area contributed by atoms with Gasteiger partial charge in [0.05, 0.1) is 12.2 Å². The van der Waals surface area contributed by atoms with E-state index >= 15 is 0 Å². The van der Waals surface area contributed by atoms with Gasteiger partial charge in [0.1, 0.15) is 5.15 Å². The number of nitrogens with zero attached hydrogens (tertiary/aromatic N) is 3. The third-order valence-corrected chi connectivity index (χ3v) is 3.27. The molecule has 0 N–H and O–H groups in total. The lowest BCUT2D eigenvalue weighted by Crippen LogP contribution is -2.22. The predicted octanol–water partition coefficient (Wildman–Crippen LogP) is 3.01. The number of aromatic nitrogens is 3. The van der Waals surface area contributed by atoms with Crippen LogP contribution in [0.25, 0.3) is 11.3 Å². The minimum atomic E-state index is -0.150. The number of halogens is 1. The van der Waals surface area contributed by atoms with Gasteiger partial charge in [0.2, 0.25) is 0 Å². The van der Waals surface area contributed by atoms with E-state index in [1.54, 1.807) is 18.3 Å². The first-order valence-corrected chi connectivity index (χ1v) is 6.84.